The van der Waals surface area contributed by atoms with Crippen LogP contribution in [0.1, 0.15) is 23.1 Å². The maximum absolute atomic E-state index is 11.9. The molecule has 1 amide bonds. The predicted octanol–water partition coefficient (Wildman–Crippen LogP) is 2.80. The van der Waals surface area contributed by atoms with Crippen LogP contribution in [0.3, 0.4) is 0 Å². The molecule has 2 rings (SSSR count). The van der Waals surface area contributed by atoms with Crippen LogP contribution >= 0.6 is 0 Å². The minimum absolute atomic E-state index is 0.0349. The third kappa shape index (κ3) is 5.75. The summed E-state index contributed by atoms with van der Waals surface area (Å²) < 4.78 is 5.27. The van der Waals surface area contributed by atoms with Crippen molar-refractivity contribution in [2.45, 2.75) is 26.4 Å². The quantitative estimate of drug-likeness (QED) is 0.737. The lowest BCUT2D eigenvalue weighted by Gasteiger charge is -2.10. The third-order valence-corrected chi connectivity index (χ3v) is 3.61. The number of carbonyl (C=O) groups is 1. The first-order valence-corrected chi connectivity index (χ1v) is 7.84. The Hall–Kier alpha value is -2.33. The highest BCUT2D eigenvalue weighted by Crippen LogP contribution is 2.16. The predicted molar refractivity (Wildman–Crippen MR) is 92.3 cm³/mol. The van der Waals surface area contributed by atoms with Crippen LogP contribution < -0.4 is 15.4 Å². The molecule has 0 saturated heterocycles. The van der Waals surface area contributed by atoms with Gasteiger partial charge in [0.25, 0.3) is 0 Å². The summed E-state index contributed by atoms with van der Waals surface area (Å²) in [4.78, 5) is 11.9. The molecular formula is C19H24N2O2. The van der Waals surface area contributed by atoms with Crippen molar-refractivity contribution < 1.29 is 9.53 Å². The summed E-state index contributed by atoms with van der Waals surface area (Å²) >= 11 is 0. The number of aryl methyl sites for hydroxylation is 1. The number of ether oxygens (including phenoxy) is 1. The number of carbonyl (C=O) groups excluding carboxylic acids is 1. The van der Waals surface area contributed by atoms with E-state index in [4.69, 9.17) is 4.74 Å². The third-order valence-electron chi connectivity index (χ3n) is 3.61. The van der Waals surface area contributed by atoms with Crippen LogP contribution in [0.4, 0.5) is 0 Å². The number of nitrogens with one attached hydrogen (secondary N) is 2. The van der Waals surface area contributed by atoms with E-state index in [2.05, 4.69) is 35.8 Å². The molecule has 2 aromatic rings. The van der Waals surface area contributed by atoms with Crippen LogP contribution in [0.25, 0.3) is 0 Å². The van der Waals surface area contributed by atoms with Crippen molar-refractivity contribution in [2.75, 3.05) is 13.7 Å². The first-order chi connectivity index (χ1) is 11.2. The maximum atomic E-state index is 11.9. The van der Waals surface area contributed by atoms with Crippen LogP contribution in [-0.2, 0) is 17.9 Å². The van der Waals surface area contributed by atoms with Crippen LogP contribution in [0, 0.1) is 6.92 Å². The van der Waals surface area contributed by atoms with Gasteiger partial charge in [-0.2, -0.15) is 0 Å². The summed E-state index contributed by atoms with van der Waals surface area (Å²) in [6.45, 7) is 4.00. The molecule has 2 N–H and O–H groups in total. The lowest BCUT2D eigenvalue weighted by molar-refractivity contribution is -0.121. The molecular weight excluding hydrogens is 288 g/mol. The van der Waals surface area contributed by atoms with E-state index in [9.17, 15) is 4.79 Å². The zero-order valence-electron chi connectivity index (χ0n) is 13.8. The number of hydrogen-bond acceptors (Lipinski definition) is 3. The van der Waals surface area contributed by atoms with E-state index in [0.717, 1.165) is 17.9 Å². The standard InChI is InChI=1S/C19H24N2O2/c1-15-6-5-7-16(12-15)13-20-11-10-19(22)21-14-17-8-3-4-9-18(17)23-2/h3-9,12,20H,10-11,13-14H2,1-2H3,(H,21,22). The summed E-state index contributed by atoms with van der Waals surface area (Å²) in [6, 6.07) is 16.1. The van der Waals surface area contributed by atoms with Gasteiger partial charge in [0.05, 0.1) is 7.11 Å². The molecule has 122 valence electrons. The Kier molecular flexibility index (Phi) is 6.63. The molecule has 0 spiro atoms. The van der Waals surface area contributed by atoms with Gasteiger partial charge in [0.1, 0.15) is 5.75 Å². The molecule has 0 heterocycles. The van der Waals surface area contributed by atoms with Gasteiger partial charge in [-0.15, -0.1) is 0 Å². The molecule has 4 heteroatoms. The monoisotopic (exact) mass is 312 g/mol. The van der Waals surface area contributed by atoms with Crippen molar-refractivity contribution in [3.8, 4) is 5.75 Å². The number of amides is 1. The molecule has 0 atom stereocenters. The SMILES string of the molecule is COc1ccccc1CNC(=O)CCNCc1cccc(C)c1. The average molecular weight is 312 g/mol. The van der Waals surface area contributed by atoms with Gasteiger partial charge in [0.15, 0.2) is 0 Å². The van der Waals surface area contributed by atoms with Gasteiger partial charge in [0.2, 0.25) is 5.91 Å². The molecule has 0 aromatic heterocycles. The second kappa shape index (κ2) is 8.96. The number of methoxy groups -OCH3 is 1. The summed E-state index contributed by atoms with van der Waals surface area (Å²) in [7, 11) is 1.63. The first kappa shape index (κ1) is 17.0. The van der Waals surface area contributed by atoms with Crippen LogP contribution in [0.5, 0.6) is 5.75 Å². The number of rotatable bonds is 8. The van der Waals surface area contributed by atoms with Crippen molar-refractivity contribution in [3.05, 3.63) is 65.2 Å². The molecule has 0 radical (unpaired) electrons. The van der Waals surface area contributed by atoms with E-state index in [1.165, 1.54) is 11.1 Å². The minimum atomic E-state index is 0.0349. The fourth-order valence-corrected chi connectivity index (χ4v) is 2.39. The minimum Gasteiger partial charge on any atom is -0.496 e. The van der Waals surface area contributed by atoms with Crippen LogP contribution in [0.2, 0.25) is 0 Å². The highest BCUT2D eigenvalue weighted by Gasteiger charge is 2.04. The summed E-state index contributed by atoms with van der Waals surface area (Å²) in [6.07, 6.45) is 0.459. The second-order valence-electron chi connectivity index (χ2n) is 5.50. The van der Waals surface area contributed by atoms with Gasteiger partial charge in [0, 0.05) is 31.6 Å². The van der Waals surface area contributed by atoms with Gasteiger partial charge in [-0.3, -0.25) is 4.79 Å². The van der Waals surface area contributed by atoms with Gasteiger partial charge in [-0.1, -0.05) is 48.0 Å². The highest BCUT2D eigenvalue weighted by atomic mass is 16.5. The zero-order chi connectivity index (χ0) is 16.5. The normalized spacial score (nSPS) is 10.3. The zero-order valence-corrected chi connectivity index (χ0v) is 13.8. The number of para-hydroxylation sites is 1. The van der Waals surface area contributed by atoms with Crippen LogP contribution in [-0.4, -0.2) is 19.6 Å². The second-order valence-corrected chi connectivity index (χ2v) is 5.50. The van der Waals surface area contributed by atoms with E-state index in [1.807, 2.05) is 30.3 Å². The van der Waals surface area contributed by atoms with Gasteiger partial charge < -0.3 is 15.4 Å². The molecule has 0 aliphatic rings. The van der Waals surface area contributed by atoms with Crippen molar-refractivity contribution in [3.63, 3.8) is 0 Å². The Morgan fingerprint density at radius 1 is 1.09 bits per heavy atom. The lowest BCUT2D eigenvalue weighted by atomic mass is 10.1. The summed E-state index contributed by atoms with van der Waals surface area (Å²) in [5.74, 6) is 0.832. The van der Waals surface area contributed by atoms with Gasteiger partial charge in [-0.05, 0) is 18.6 Å². The van der Waals surface area contributed by atoms with Crippen LogP contribution in [0.15, 0.2) is 48.5 Å². The van der Waals surface area contributed by atoms with Gasteiger partial charge in [-0.25, -0.2) is 0 Å². The summed E-state index contributed by atoms with van der Waals surface area (Å²) in [5.41, 5.74) is 3.47. The van der Waals surface area contributed by atoms with Crippen molar-refractivity contribution >= 4 is 5.91 Å². The smallest absolute Gasteiger partial charge is 0.221 e. The average Bonchev–Trinajstić information content (AvgIpc) is 2.57. The van der Waals surface area contributed by atoms with E-state index in [-0.39, 0.29) is 5.91 Å². The lowest BCUT2D eigenvalue weighted by Crippen LogP contribution is -2.27. The van der Waals surface area contributed by atoms with E-state index in [1.54, 1.807) is 7.11 Å². The van der Waals surface area contributed by atoms with Crippen molar-refractivity contribution in [2.24, 2.45) is 0 Å². The largest absolute Gasteiger partial charge is 0.496 e. The Morgan fingerprint density at radius 3 is 2.70 bits per heavy atom. The number of hydrogen-bond donors (Lipinski definition) is 2. The fraction of sp³-hybridized carbons (Fsp3) is 0.316. The number of benzene rings is 2. The van der Waals surface area contributed by atoms with E-state index >= 15 is 0 Å². The molecule has 0 saturated carbocycles. The topological polar surface area (TPSA) is 50.4 Å². The molecule has 4 nitrogen and oxygen atoms in total. The molecule has 0 unspecified atom stereocenters. The van der Waals surface area contributed by atoms with Crippen molar-refractivity contribution in [1.82, 2.24) is 10.6 Å². The Morgan fingerprint density at radius 2 is 1.91 bits per heavy atom. The molecule has 2 aromatic carbocycles. The maximum Gasteiger partial charge on any atom is 0.221 e. The van der Waals surface area contributed by atoms with E-state index in [0.29, 0.717) is 19.5 Å². The fourth-order valence-electron chi connectivity index (χ4n) is 2.39. The molecule has 0 aliphatic carbocycles. The molecule has 0 aliphatic heterocycles. The van der Waals surface area contributed by atoms with E-state index < -0.39 is 0 Å². The first-order valence-electron chi connectivity index (χ1n) is 7.84. The van der Waals surface area contributed by atoms with Gasteiger partial charge >= 0.3 is 0 Å². The Balaban J connectivity index is 1.67. The molecule has 23 heavy (non-hydrogen) atoms. The highest BCUT2D eigenvalue weighted by molar-refractivity contribution is 5.76. The Bertz CT molecular complexity index is 641. The molecule has 0 bridgehead atoms. The Labute approximate surface area is 137 Å². The summed E-state index contributed by atoms with van der Waals surface area (Å²) in [5, 5.41) is 6.22. The van der Waals surface area contributed by atoms with Crippen molar-refractivity contribution in [1.29, 1.82) is 0 Å². The molecule has 0 fully saturated rings.